The molecular weight excluding hydrogens is 238 g/mol. The number of methoxy groups -OCH3 is 1. The van der Waals surface area contributed by atoms with E-state index < -0.39 is 5.97 Å². The summed E-state index contributed by atoms with van der Waals surface area (Å²) in [7, 11) is 1.46. The molecule has 0 bridgehead atoms. The van der Waals surface area contributed by atoms with E-state index in [-0.39, 0.29) is 17.5 Å². The highest BCUT2D eigenvalue weighted by Crippen LogP contribution is 2.21. The highest BCUT2D eigenvalue weighted by Gasteiger charge is 2.14. The smallest absolute Gasteiger partial charge is 0.358 e. The minimum absolute atomic E-state index is 0.00940. The van der Waals surface area contributed by atoms with E-state index in [1.54, 1.807) is 12.1 Å². The predicted octanol–water partition coefficient (Wildman–Crippen LogP) is 1.37. The molecule has 0 unspecified atom stereocenters. The molecule has 0 saturated carbocycles. The van der Waals surface area contributed by atoms with E-state index in [1.807, 2.05) is 0 Å². The predicted molar refractivity (Wildman–Crippen MR) is 59.9 cm³/mol. The van der Waals surface area contributed by atoms with Crippen LogP contribution in [-0.4, -0.2) is 33.1 Å². The molecular formula is C11H9N3O4. The summed E-state index contributed by atoms with van der Waals surface area (Å²) in [6.07, 6.45) is 2.81. The standard InChI is InChI=1S/C11H9N3O4/c1-17-8-4-6-13-11(14-8)18-7-3-2-5-12-9(7)10(15)16/h2-6H,1H3,(H,15,16). The highest BCUT2D eigenvalue weighted by atomic mass is 16.5. The van der Waals surface area contributed by atoms with Gasteiger partial charge in [-0.2, -0.15) is 4.98 Å². The van der Waals surface area contributed by atoms with Gasteiger partial charge >= 0.3 is 12.0 Å². The summed E-state index contributed by atoms with van der Waals surface area (Å²) >= 11 is 0. The maximum absolute atomic E-state index is 10.9. The molecule has 0 amide bonds. The minimum Gasteiger partial charge on any atom is -0.481 e. The Morgan fingerprint density at radius 3 is 2.83 bits per heavy atom. The van der Waals surface area contributed by atoms with Crippen LogP contribution >= 0.6 is 0 Å². The van der Waals surface area contributed by atoms with Crippen molar-refractivity contribution in [1.82, 2.24) is 15.0 Å². The lowest BCUT2D eigenvalue weighted by Crippen LogP contribution is -2.04. The molecule has 0 aliphatic heterocycles. The van der Waals surface area contributed by atoms with Gasteiger partial charge in [0.15, 0.2) is 11.4 Å². The number of hydrogen-bond donors (Lipinski definition) is 1. The fraction of sp³-hybridized carbons (Fsp3) is 0.0909. The Morgan fingerprint density at radius 2 is 2.11 bits per heavy atom. The summed E-state index contributed by atoms with van der Waals surface area (Å²) in [5.74, 6) is -0.799. The van der Waals surface area contributed by atoms with Crippen LogP contribution in [0.1, 0.15) is 10.5 Å². The second kappa shape index (κ2) is 5.09. The third-order valence-electron chi connectivity index (χ3n) is 1.99. The summed E-state index contributed by atoms with van der Waals surface area (Å²) in [6, 6.07) is 4.57. The average molecular weight is 247 g/mol. The Labute approximate surface area is 102 Å². The zero-order valence-corrected chi connectivity index (χ0v) is 9.40. The van der Waals surface area contributed by atoms with Crippen LogP contribution in [0.3, 0.4) is 0 Å². The summed E-state index contributed by atoms with van der Waals surface area (Å²) in [5, 5.41) is 8.94. The first kappa shape index (κ1) is 11.8. The molecule has 18 heavy (non-hydrogen) atoms. The van der Waals surface area contributed by atoms with Crippen molar-refractivity contribution in [2.24, 2.45) is 0 Å². The van der Waals surface area contributed by atoms with Gasteiger partial charge < -0.3 is 14.6 Å². The lowest BCUT2D eigenvalue weighted by Gasteiger charge is -2.06. The Bertz CT molecular complexity index is 574. The third kappa shape index (κ3) is 2.51. The number of hydrogen-bond acceptors (Lipinski definition) is 6. The molecule has 0 aliphatic carbocycles. The van der Waals surface area contributed by atoms with E-state index in [1.165, 1.54) is 25.6 Å². The van der Waals surface area contributed by atoms with E-state index in [0.717, 1.165) is 0 Å². The van der Waals surface area contributed by atoms with Crippen LogP contribution in [0.5, 0.6) is 17.6 Å². The van der Waals surface area contributed by atoms with E-state index in [9.17, 15) is 4.79 Å². The monoisotopic (exact) mass is 247 g/mol. The molecule has 0 spiro atoms. The van der Waals surface area contributed by atoms with Crippen LogP contribution in [0, 0.1) is 0 Å². The fourth-order valence-electron chi connectivity index (χ4n) is 1.22. The van der Waals surface area contributed by atoms with Gasteiger partial charge in [-0.05, 0) is 12.1 Å². The number of pyridine rings is 1. The summed E-state index contributed by atoms with van der Waals surface area (Å²) in [6.45, 7) is 0. The fourth-order valence-corrected chi connectivity index (χ4v) is 1.22. The van der Waals surface area contributed by atoms with Crippen LogP contribution in [0.4, 0.5) is 0 Å². The maximum Gasteiger partial charge on any atom is 0.358 e. The van der Waals surface area contributed by atoms with Crippen molar-refractivity contribution in [3.05, 3.63) is 36.3 Å². The van der Waals surface area contributed by atoms with Crippen LogP contribution in [0.2, 0.25) is 0 Å². The van der Waals surface area contributed by atoms with Gasteiger partial charge in [0, 0.05) is 18.5 Å². The van der Waals surface area contributed by atoms with Gasteiger partial charge in [0.2, 0.25) is 5.88 Å². The Kier molecular flexibility index (Phi) is 3.33. The first-order chi connectivity index (χ1) is 8.70. The summed E-state index contributed by atoms with van der Waals surface area (Å²) in [5.41, 5.74) is -0.205. The largest absolute Gasteiger partial charge is 0.481 e. The van der Waals surface area contributed by atoms with Crippen molar-refractivity contribution in [1.29, 1.82) is 0 Å². The molecule has 0 aromatic carbocycles. The molecule has 7 nitrogen and oxygen atoms in total. The molecule has 0 aliphatic rings. The second-order valence-corrected chi connectivity index (χ2v) is 3.14. The molecule has 92 valence electrons. The maximum atomic E-state index is 10.9. The Hall–Kier alpha value is -2.70. The highest BCUT2D eigenvalue weighted by molar-refractivity contribution is 5.88. The molecule has 2 heterocycles. The van der Waals surface area contributed by atoms with Gasteiger partial charge in [-0.1, -0.05) is 0 Å². The molecule has 2 rings (SSSR count). The molecule has 0 saturated heterocycles. The van der Waals surface area contributed by atoms with Crippen molar-refractivity contribution >= 4 is 5.97 Å². The molecule has 0 atom stereocenters. The van der Waals surface area contributed by atoms with Crippen LogP contribution in [-0.2, 0) is 0 Å². The zero-order chi connectivity index (χ0) is 13.0. The first-order valence-electron chi connectivity index (χ1n) is 4.94. The quantitative estimate of drug-likeness (QED) is 0.871. The Balaban J connectivity index is 2.31. The molecule has 1 N–H and O–H groups in total. The lowest BCUT2D eigenvalue weighted by atomic mass is 10.3. The van der Waals surface area contributed by atoms with Gasteiger partial charge in [0.05, 0.1) is 7.11 Å². The zero-order valence-electron chi connectivity index (χ0n) is 9.40. The molecule has 0 radical (unpaired) electrons. The molecule has 2 aromatic rings. The number of carbonyl (C=O) groups is 1. The number of ether oxygens (including phenoxy) is 2. The summed E-state index contributed by atoms with van der Waals surface area (Å²) < 4.78 is 10.2. The van der Waals surface area contributed by atoms with Crippen LogP contribution in [0.25, 0.3) is 0 Å². The first-order valence-corrected chi connectivity index (χ1v) is 4.94. The number of nitrogens with zero attached hydrogens (tertiary/aromatic N) is 3. The van der Waals surface area contributed by atoms with Crippen molar-refractivity contribution < 1.29 is 19.4 Å². The van der Waals surface area contributed by atoms with E-state index in [2.05, 4.69) is 15.0 Å². The molecule has 2 aromatic heterocycles. The third-order valence-corrected chi connectivity index (χ3v) is 1.99. The number of aromatic carboxylic acids is 1. The number of rotatable bonds is 4. The average Bonchev–Trinajstić information content (AvgIpc) is 2.39. The number of carboxylic acids is 1. The van der Waals surface area contributed by atoms with Gasteiger partial charge in [0.1, 0.15) is 0 Å². The van der Waals surface area contributed by atoms with Gasteiger partial charge in [-0.15, -0.1) is 0 Å². The lowest BCUT2D eigenvalue weighted by molar-refractivity contribution is 0.0687. The van der Waals surface area contributed by atoms with E-state index in [0.29, 0.717) is 5.88 Å². The van der Waals surface area contributed by atoms with Gasteiger partial charge in [0.25, 0.3) is 0 Å². The Morgan fingerprint density at radius 1 is 1.28 bits per heavy atom. The minimum atomic E-state index is -1.19. The van der Waals surface area contributed by atoms with Crippen molar-refractivity contribution in [3.63, 3.8) is 0 Å². The number of carboxylic acid groups (broad SMARTS) is 1. The van der Waals surface area contributed by atoms with Crippen LogP contribution in [0.15, 0.2) is 30.6 Å². The topological polar surface area (TPSA) is 94.4 Å². The normalized spacial score (nSPS) is 9.83. The SMILES string of the molecule is COc1ccnc(Oc2cccnc2C(=O)O)n1. The molecule has 7 heteroatoms. The van der Waals surface area contributed by atoms with Crippen molar-refractivity contribution in [2.45, 2.75) is 0 Å². The van der Waals surface area contributed by atoms with Crippen molar-refractivity contribution in [2.75, 3.05) is 7.11 Å². The second-order valence-electron chi connectivity index (χ2n) is 3.14. The summed E-state index contributed by atoms with van der Waals surface area (Å²) in [4.78, 5) is 22.4. The number of aromatic nitrogens is 3. The van der Waals surface area contributed by atoms with Gasteiger partial charge in [-0.3, -0.25) is 0 Å². The van der Waals surface area contributed by atoms with Crippen LogP contribution < -0.4 is 9.47 Å². The van der Waals surface area contributed by atoms with E-state index in [4.69, 9.17) is 14.6 Å². The van der Waals surface area contributed by atoms with Gasteiger partial charge in [-0.25, -0.2) is 14.8 Å². The van der Waals surface area contributed by atoms with Crippen molar-refractivity contribution in [3.8, 4) is 17.6 Å². The van der Waals surface area contributed by atoms with E-state index >= 15 is 0 Å². The molecule has 0 fully saturated rings.